The van der Waals surface area contributed by atoms with E-state index in [1.54, 1.807) is 44.2 Å². The maximum Gasteiger partial charge on any atom is 0.472 e. The lowest BCUT2D eigenvalue weighted by atomic mass is 10.2. The zero-order chi connectivity index (χ0) is 15.6. The fourth-order valence-electron chi connectivity index (χ4n) is 1.15. The first-order valence-electron chi connectivity index (χ1n) is 5.81. The van der Waals surface area contributed by atoms with Crippen molar-refractivity contribution >= 4 is 17.9 Å². The van der Waals surface area contributed by atoms with Crippen LogP contribution in [0.5, 0.6) is 0 Å². The number of hydrogen-bond acceptors (Lipinski definition) is 5. The normalized spacial score (nSPS) is 11.6. The minimum Gasteiger partial charge on any atom is -0.302 e. The zero-order valence-electron chi connectivity index (χ0n) is 11.3. The molecule has 1 rings (SSSR count). The van der Waals surface area contributed by atoms with E-state index >= 15 is 0 Å². The second kappa shape index (κ2) is 9.23. The molecule has 0 fully saturated rings. The number of hydrogen-bond donors (Lipinski definition) is 2. The molecule has 0 amide bonds. The van der Waals surface area contributed by atoms with Gasteiger partial charge in [0.1, 0.15) is 5.75 Å². The molecule has 20 heavy (non-hydrogen) atoms. The highest BCUT2D eigenvalue weighted by Gasteiger charge is 2.17. The van der Waals surface area contributed by atoms with Crippen LogP contribution in [0.1, 0.15) is 19.4 Å². The molecule has 0 spiro atoms. The van der Waals surface area contributed by atoms with E-state index in [1.165, 1.54) is 0 Å². The Balaban J connectivity index is 0.000000370. The molecule has 0 heterocycles. The van der Waals surface area contributed by atoms with Crippen molar-refractivity contribution in [1.82, 2.24) is 0 Å². The predicted molar refractivity (Wildman–Crippen MR) is 74.8 cm³/mol. The average molecular weight is 326 g/mol. The number of benzene rings is 1. The van der Waals surface area contributed by atoms with Crippen LogP contribution in [0, 0.1) is 0 Å². The van der Waals surface area contributed by atoms with Crippen molar-refractivity contribution in [2.24, 2.45) is 0 Å². The molecular weight excluding hydrogens is 307 g/mol. The summed E-state index contributed by atoms with van der Waals surface area (Å²) >= 11 is 0. The average Bonchev–Trinajstić information content (AvgIpc) is 2.28. The second-order valence-corrected chi connectivity index (χ2v) is 6.42. The van der Waals surface area contributed by atoms with Gasteiger partial charge in [-0.2, -0.15) is 8.42 Å². The van der Waals surface area contributed by atoms with E-state index in [1.807, 2.05) is 0 Å². The van der Waals surface area contributed by atoms with Crippen molar-refractivity contribution in [1.29, 1.82) is 0 Å². The Labute approximate surface area is 118 Å². The van der Waals surface area contributed by atoms with Crippen molar-refractivity contribution in [3.05, 3.63) is 35.9 Å². The molecule has 2 N–H and O–H groups in total. The molecule has 0 aromatic heterocycles. The quantitative estimate of drug-likeness (QED) is 0.609. The van der Waals surface area contributed by atoms with Gasteiger partial charge in [-0.25, -0.2) is 4.57 Å². The topological polar surface area (TPSA) is 110 Å². The van der Waals surface area contributed by atoms with Gasteiger partial charge in [0.2, 0.25) is 0 Å². The third-order valence-corrected chi connectivity index (χ3v) is 3.64. The molecule has 0 saturated heterocycles. The predicted octanol–water partition coefficient (Wildman–Crippen LogP) is 2.23. The maximum atomic E-state index is 10.5. The lowest BCUT2D eigenvalue weighted by Crippen LogP contribution is -2.00. The van der Waals surface area contributed by atoms with Crippen LogP contribution in [0.15, 0.2) is 30.3 Å². The summed E-state index contributed by atoms with van der Waals surface area (Å²) in [6.45, 7) is 3.63. The smallest absolute Gasteiger partial charge is 0.302 e. The first-order chi connectivity index (χ1) is 9.20. The number of phosphoric acid groups is 1. The van der Waals surface area contributed by atoms with Gasteiger partial charge in [0, 0.05) is 0 Å². The lowest BCUT2D eigenvalue weighted by Gasteiger charge is -2.07. The number of rotatable bonds is 6. The molecule has 9 heteroatoms. The highest BCUT2D eigenvalue weighted by atomic mass is 32.2. The summed E-state index contributed by atoms with van der Waals surface area (Å²) in [6.07, 6.45) is 0. The highest BCUT2D eigenvalue weighted by Crippen LogP contribution is 2.42. The Bertz CT molecular complexity index is 505. The number of phosphoric ester groups is 1. The monoisotopic (exact) mass is 326 g/mol. The van der Waals surface area contributed by atoms with Gasteiger partial charge in [-0.15, -0.1) is 0 Å². The molecule has 7 nitrogen and oxygen atoms in total. The highest BCUT2D eigenvalue weighted by molar-refractivity contribution is 7.85. The van der Waals surface area contributed by atoms with Crippen molar-refractivity contribution in [2.45, 2.75) is 19.6 Å². The molecule has 0 aliphatic heterocycles. The van der Waals surface area contributed by atoms with Gasteiger partial charge in [0.25, 0.3) is 10.1 Å². The molecule has 0 aliphatic rings. The van der Waals surface area contributed by atoms with Crippen molar-refractivity contribution < 1.29 is 31.5 Å². The van der Waals surface area contributed by atoms with Crippen molar-refractivity contribution in [2.75, 3.05) is 13.2 Å². The van der Waals surface area contributed by atoms with Crippen LogP contribution in [-0.2, 0) is 29.5 Å². The van der Waals surface area contributed by atoms with Crippen LogP contribution in [-0.4, -0.2) is 31.1 Å². The molecule has 0 radical (unpaired) electrons. The van der Waals surface area contributed by atoms with Crippen molar-refractivity contribution in [3.63, 3.8) is 0 Å². The lowest BCUT2D eigenvalue weighted by molar-refractivity contribution is 0.161. The van der Waals surface area contributed by atoms with Crippen LogP contribution < -0.4 is 0 Å². The standard InChI is InChI=1S/C7H8O3S.C4H11O4P/c8-11(9,10)6-7-4-2-1-3-5-7;1-3-7-9(5,6)8-4-2/h1-5H,6H2,(H,8,9,10);3-4H2,1-2H3,(H,5,6). The summed E-state index contributed by atoms with van der Waals surface area (Å²) in [6, 6.07) is 8.52. The molecule has 0 atom stereocenters. The zero-order valence-corrected chi connectivity index (χ0v) is 13.0. The van der Waals surface area contributed by atoms with Crippen LogP contribution in [0.4, 0.5) is 0 Å². The van der Waals surface area contributed by atoms with Gasteiger partial charge in [0.15, 0.2) is 0 Å². The minimum absolute atomic E-state index is 0.188. The van der Waals surface area contributed by atoms with E-state index in [9.17, 15) is 13.0 Å². The summed E-state index contributed by atoms with van der Waals surface area (Å²) in [5.74, 6) is -0.312. The molecule has 0 saturated carbocycles. The van der Waals surface area contributed by atoms with E-state index in [0.717, 1.165) is 0 Å². The van der Waals surface area contributed by atoms with E-state index < -0.39 is 17.9 Å². The van der Waals surface area contributed by atoms with E-state index in [4.69, 9.17) is 9.45 Å². The third kappa shape index (κ3) is 11.1. The molecule has 0 aliphatic carbocycles. The van der Waals surface area contributed by atoms with Crippen LogP contribution >= 0.6 is 7.82 Å². The Morgan fingerprint density at radius 1 is 1.10 bits per heavy atom. The van der Waals surface area contributed by atoms with Crippen molar-refractivity contribution in [3.8, 4) is 0 Å². The molecule has 116 valence electrons. The van der Waals surface area contributed by atoms with Crippen LogP contribution in [0.2, 0.25) is 0 Å². The molecular formula is C11H19O7PS. The van der Waals surface area contributed by atoms with E-state index in [-0.39, 0.29) is 19.0 Å². The van der Waals surface area contributed by atoms with E-state index in [0.29, 0.717) is 5.56 Å². The second-order valence-electron chi connectivity index (χ2n) is 3.52. The fraction of sp³-hybridized carbons (Fsp3) is 0.455. The minimum atomic E-state index is -3.88. The Morgan fingerprint density at radius 2 is 1.55 bits per heavy atom. The van der Waals surface area contributed by atoms with Gasteiger partial charge in [-0.05, 0) is 19.4 Å². The fourth-order valence-corrected chi connectivity index (χ4v) is 2.49. The van der Waals surface area contributed by atoms with E-state index in [2.05, 4.69) is 9.05 Å². The third-order valence-electron chi connectivity index (χ3n) is 1.78. The Hall–Kier alpha value is -0.760. The maximum absolute atomic E-state index is 10.5. The summed E-state index contributed by atoms with van der Waals surface area (Å²) in [5, 5.41) is 0. The first-order valence-corrected chi connectivity index (χ1v) is 8.91. The Morgan fingerprint density at radius 3 is 1.90 bits per heavy atom. The van der Waals surface area contributed by atoms with Gasteiger partial charge in [-0.1, -0.05) is 30.3 Å². The van der Waals surface area contributed by atoms with Gasteiger partial charge < -0.3 is 4.89 Å². The van der Waals surface area contributed by atoms with Crippen LogP contribution in [0.25, 0.3) is 0 Å². The molecule has 1 aromatic carbocycles. The molecule has 1 aromatic rings. The summed E-state index contributed by atoms with van der Waals surface area (Å²) in [7, 11) is -7.57. The van der Waals surface area contributed by atoms with Gasteiger partial charge >= 0.3 is 7.82 Å². The van der Waals surface area contributed by atoms with Crippen LogP contribution in [0.3, 0.4) is 0 Å². The SMILES string of the molecule is CCOP(=O)(O)OCC.O=S(=O)(O)Cc1ccccc1. The first kappa shape index (κ1) is 19.2. The largest absolute Gasteiger partial charge is 0.472 e. The molecule has 0 unspecified atom stereocenters. The summed E-state index contributed by atoms with van der Waals surface area (Å²) in [4.78, 5) is 8.63. The van der Waals surface area contributed by atoms with Gasteiger partial charge in [-0.3, -0.25) is 13.6 Å². The molecule has 0 bridgehead atoms. The summed E-state index contributed by atoms with van der Waals surface area (Å²) in [5.41, 5.74) is 0.593. The van der Waals surface area contributed by atoms with Gasteiger partial charge in [0.05, 0.1) is 13.2 Å². The Kier molecular flexibility index (Phi) is 8.88. The summed E-state index contributed by atoms with van der Waals surface area (Å²) < 4.78 is 48.4.